The number of amides is 1. The molecule has 6 nitrogen and oxygen atoms in total. The van der Waals surface area contributed by atoms with E-state index in [1.807, 2.05) is 0 Å². The molecule has 0 aliphatic carbocycles. The van der Waals surface area contributed by atoms with Crippen molar-refractivity contribution in [3.63, 3.8) is 0 Å². The van der Waals surface area contributed by atoms with Crippen molar-refractivity contribution in [1.82, 2.24) is 4.72 Å². The van der Waals surface area contributed by atoms with E-state index < -0.39 is 28.8 Å². The van der Waals surface area contributed by atoms with Crippen molar-refractivity contribution in [2.24, 2.45) is 0 Å². The molecule has 0 aliphatic heterocycles. The molecular weight excluding hydrogens is 419 g/mol. The summed E-state index contributed by atoms with van der Waals surface area (Å²) in [6.07, 6.45) is -4.80. The Kier molecular flexibility index (Phi) is 7.14. The molecule has 10 heteroatoms. The zero-order chi connectivity index (χ0) is 22.7. The van der Waals surface area contributed by atoms with Crippen molar-refractivity contribution in [3.05, 3.63) is 53.1 Å². The SMILES string of the molecule is CC(=O)Nc1ccc(NCC(NS(=O)(=O)c2c(C)cc(C)cc2C)C(F)(F)F)cc1. The molecule has 0 aliphatic rings. The molecule has 3 N–H and O–H groups in total. The molecule has 1 amide bonds. The highest BCUT2D eigenvalue weighted by Gasteiger charge is 2.42. The Bertz CT molecular complexity index is 997. The van der Waals surface area contributed by atoms with Gasteiger partial charge in [-0.05, 0) is 56.2 Å². The number of halogens is 3. The van der Waals surface area contributed by atoms with Crippen LogP contribution < -0.4 is 15.4 Å². The van der Waals surface area contributed by atoms with Gasteiger partial charge in [-0.2, -0.15) is 17.9 Å². The lowest BCUT2D eigenvalue weighted by molar-refractivity contribution is -0.148. The van der Waals surface area contributed by atoms with Gasteiger partial charge in [-0.15, -0.1) is 0 Å². The van der Waals surface area contributed by atoms with E-state index in [4.69, 9.17) is 0 Å². The van der Waals surface area contributed by atoms with Crippen LogP contribution in [0.3, 0.4) is 0 Å². The average molecular weight is 443 g/mol. The fraction of sp³-hybridized carbons (Fsp3) is 0.350. The summed E-state index contributed by atoms with van der Waals surface area (Å²) in [7, 11) is -4.40. The van der Waals surface area contributed by atoms with Crippen molar-refractivity contribution in [1.29, 1.82) is 0 Å². The molecule has 0 radical (unpaired) electrons. The second kappa shape index (κ2) is 9.05. The molecule has 1 unspecified atom stereocenters. The molecule has 30 heavy (non-hydrogen) atoms. The van der Waals surface area contributed by atoms with Gasteiger partial charge in [0.05, 0.1) is 4.90 Å². The summed E-state index contributed by atoms with van der Waals surface area (Å²) in [5.74, 6) is -0.274. The molecule has 0 bridgehead atoms. The number of carbonyl (C=O) groups excluding carboxylic acids is 1. The molecule has 164 valence electrons. The summed E-state index contributed by atoms with van der Waals surface area (Å²) in [5.41, 5.74) is 2.41. The molecule has 2 aromatic carbocycles. The van der Waals surface area contributed by atoms with Crippen LogP contribution in [0.1, 0.15) is 23.6 Å². The molecule has 0 aromatic heterocycles. The second-order valence-electron chi connectivity index (χ2n) is 7.08. The van der Waals surface area contributed by atoms with E-state index >= 15 is 0 Å². The number of rotatable bonds is 7. The predicted octanol–water partition coefficient (Wildman–Crippen LogP) is 3.89. The van der Waals surface area contributed by atoms with Crippen LogP contribution in [0.5, 0.6) is 0 Å². The molecule has 0 spiro atoms. The van der Waals surface area contributed by atoms with E-state index in [-0.39, 0.29) is 10.8 Å². The Morgan fingerprint density at radius 2 is 1.50 bits per heavy atom. The number of alkyl halides is 3. The molecule has 2 rings (SSSR count). The Hall–Kier alpha value is -2.59. The van der Waals surface area contributed by atoms with Crippen LogP contribution in [-0.2, 0) is 14.8 Å². The van der Waals surface area contributed by atoms with E-state index in [1.54, 1.807) is 37.6 Å². The van der Waals surface area contributed by atoms with Crippen molar-refractivity contribution in [2.75, 3.05) is 17.2 Å². The highest BCUT2D eigenvalue weighted by atomic mass is 32.2. The topological polar surface area (TPSA) is 87.3 Å². The van der Waals surface area contributed by atoms with Crippen molar-refractivity contribution < 1.29 is 26.4 Å². The first-order chi connectivity index (χ1) is 13.8. The molecule has 0 heterocycles. The van der Waals surface area contributed by atoms with Gasteiger partial charge in [-0.3, -0.25) is 4.79 Å². The van der Waals surface area contributed by atoms with E-state index in [0.717, 1.165) is 5.56 Å². The van der Waals surface area contributed by atoms with Gasteiger partial charge in [0, 0.05) is 24.8 Å². The van der Waals surface area contributed by atoms with Gasteiger partial charge in [-0.25, -0.2) is 8.42 Å². The number of hydrogen-bond acceptors (Lipinski definition) is 4. The molecule has 1 atom stereocenters. The molecule has 0 saturated heterocycles. The van der Waals surface area contributed by atoms with Crippen LogP contribution in [0, 0.1) is 20.8 Å². The van der Waals surface area contributed by atoms with Crippen LogP contribution in [0.2, 0.25) is 0 Å². The van der Waals surface area contributed by atoms with Crippen LogP contribution >= 0.6 is 0 Å². The molecule has 2 aromatic rings. The summed E-state index contributed by atoms with van der Waals surface area (Å²) < 4.78 is 67.8. The van der Waals surface area contributed by atoms with Crippen molar-refractivity contribution in [3.8, 4) is 0 Å². The van der Waals surface area contributed by atoms with Crippen LogP contribution in [0.4, 0.5) is 24.5 Å². The average Bonchev–Trinajstić information content (AvgIpc) is 2.57. The zero-order valence-electron chi connectivity index (χ0n) is 17.0. The maximum Gasteiger partial charge on any atom is 0.406 e. The number of hydrogen-bond donors (Lipinski definition) is 3. The highest BCUT2D eigenvalue weighted by molar-refractivity contribution is 7.89. The van der Waals surface area contributed by atoms with Gasteiger partial charge in [0.2, 0.25) is 15.9 Å². The first-order valence-corrected chi connectivity index (χ1v) is 10.6. The highest BCUT2D eigenvalue weighted by Crippen LogP contribution is 2.26. The fourth-order valence-electron chi connectivity index (χ4n) is 3.16. The largest absolute Gasteiger partial charge is 0.406 e. The molecule has 0 fully saturated rings. The first-order valence-electron chi connectivity index (χ1n) is 9.08. The Morgan fingerprint density at radius 3 is 1.97 bits per heavy atom. The first kappa shape index (κ1) is 23.7. The lowest BCUT2D eigenvalue weighted by atomic mass is 10.1. The smallest absolute Gasteiger partial charge is 0.383 e. The maximum absolute atomic E-state index is 13.5. The van der Waals surface area contributed by atoms with Crippen molar-refractivity contribution >= 4 is 27.3 Å². The van der Waals surface area contributed by atoms with Gasteiger partial charge in [0.1, 0.15) is 6.04 Å². The summed E-state index contributed by atoms with van der Waals surface area (Å²) in [6.45, 7) is 5.51. The van der Waals surface area contributed by atoms with Crippen LogP contribution in [0.25, 0.3) is 0 Å². The van der Waals surface area contributed by atoms with E-state index in [9.17, 15) is 26.4 Å². The third-order valence-electron chi connectivity index (χ3n) is 4.28. The van der Waals surface area contributed by atoms with Crippen molar-refractivity contribution in [2.45, 2.75) is 44.8 Å². The van der Waals surface area contributed by atoms with Gasteiger partial charge >= 0.3 is 6.18 Å². The Labute approximate surface area is 173 Å². The summed E-state index contributed by atoms with van der Waals surface area (Å²) >= 11 is 0. The number of nitrogens with one attached hydrogen (secondary N) is 3. The lowest BCUT2D eigenvalue weighted by Crippen LogP contribution is -2.49. The monoisotopic (exact) mass is 443 g/mol. The van der Waals surface area contributed by atoms with Gasteiger partial charge in [0.15, 0.2) is 0 Å². The van der Waals surface area contributed by atoms with E-state index in [0.29, 0.717) is 22.5 Å². The van der Waals surface area contributed by atoms with E-state index in [1.165, 1.54) is 31.2 Å². The normalized spacial score (nSPS) is 13.0. The number of aryl methyl sites for hydroxylation is 3. The third-order valence-corrected chi connectivity index (χ3v) is 6.06. The number of carbonyl (C=O) groups is 1. The molecule has 0 saturated carbocycles. The standard InChI is InChI=1S/C20H24F3N3O3S/c1-12-9-13(2)19(14(3)10-12)30(28,29)26-18(20(21,22)23)11-24-16-5-7-17(8-6-16)25-15(4)27/h5-10,18,24,26H,11H2,1-4H3,(H,25,27). The fourth-order valence-corrected chi connectivity index (χ4v) is 4.83. The Balaban J connectivity index is 2.20. The summed E-state index contributed by atoms with van der Waals surface area (Å²) in [4.78, 5) is 10.9. The van der Waals surface area contributed by atoms with Gasteiger partial charge in [0.25, 0.3) is 0 Å². The lowest BCUT2D eigenvalue weighted by Gasteiger charge is -2.23. The minimum Gasteiger partial charge on any atom is -0.383 e. The zero-order valence-corrected chi connectivity index (χ0v) is 17.8. The minimum atomic E-state index is -4.80. The summed E-state index contributed by atoms with van der Waals surface area (Å²) in [6, 6.07) is 6.91. The molecular formula is C20H24F3N3O3S. The number of benzene rings is 2. The van der Waals surface area contributed by atoms with Crippen LogP contribution in [0.15, 0.2) is 41.3 Å². The second-order valence-corrected chi connectivity index (χ2v) is 8.73. The minimum absolute atomic E-state index is 0.151. The van der Waals surface area contributed by atoms with E-state index in [2.05, 4.69) is 10.6 Å². The maximum atomic E-state index is 13.5. The van der Waals surface area contributed by atoms with Gasteiger partial charge in [-0.1, -0.05) is 17.7 Å². The quantitative estimate of drug-likeness (QED) is 0.606. The number of sulfonamides is 1. The van der Waals surface area contributed by atoms with Crippen LogP contribution in [-0.4, -0.2) is 33.1 Å². The van der Waals surface area contributed by atoms with Gasteiger partial charge < -0.3 is 10.6 Å². The number of anilines is 2. The Morgan fingerprint density at radius 1 is 1.00 bits per heavy atom. The summed E-state index contributed by atoms with van der Waals surface area (Å²) in [5, 5.41) is 5.13. The predicted molar refractivity (Wildman–Crippen MR) is 110 cm³/mol. The third kappa shape index (κ3) is 6.20.